The first-order valence-electron chi connectivity index (χ1n) is 3.45. The van der Waals surface area contributed by atoms with E-state index in [9.17, 15) is 0 Å². The Labute approximate surface area is 80.2 Å². The molecule has 1 aromatic carbocycles. The molecule has 0 spiro atoms. The summed E-state index contributed by atoms with van der Waals surface area (Å²) in [5, 5.41) is 7.48. The van der Waals surface area contributed by atoms with Crippen LogP contribution in [-0.4, -0.2) is 26.1 Å². The Morgan fingerprint density at radius 1 is 1.36 bits per heavy atom. The topological polar surface area (TPSA) is 23.9 Å². The number of hydrogen-bond donors (Lipinski definition) is 1. The average Bonchev–Trinajstić information content (AvgIpc) is 1.94. The molecule has 0 aliphatic heterocycles. The van der Waals surface area contributed by atoms with Crippen molar-refractivity contribution in [3.63, 3.8) is 0 Å². The fraction of sp³-hybridized carbons (Fsp3) is 0.222. The van der Waals surface area contributed by atoms with E-state index in [1.807, 2.05) is 12.1 Å². The van der Waals surface area contributed by atoms with Crippen LogP contribution >= 0.6 is 0 Å². The van der Waals surface area contributed by atoms with Crippen LogP contribution in [0.3, 0.4) is 0 Å². The summed E-state index contributed by atoms with van der Waals surface area (Å²) >= 11 is 1.75. The van der Waals surface area contributed by atoms with Gasteiger partial charge in [0.25, 0.3) is 0 Å². The molecule has 0 bridgehead atoms. The van der Waals surface area contributed by atoms with Crippen LogP contribution in [0.4, 0.5) is 0 Å². The standard InChI is InChI=1S/C9H10NTe/c1-6-4-3-5-8(7(6)2)9(10)11/h3-5,10H,1-2H3. The van der Waals surface area contributed by atoms with Gasteiger partial charge in [-0.05, 0) is 0 Å². The van der Waals surface area contributed by atoms with Crippen molar-refractivity contribution in [2.45, 2.75) is 13.8 Å². The molecule has 1 rings (SSSR count). The monoisotopic (exact) mass is 262 g/mol. The quantitative estimate of drug-likeness (QED) is 0.588. The molecule has 11 heavy (non-hydrogen) atoms. The molecule has 1 nitrogen and oxygen atoms in total. The molecule has 0 aromatic heterocycles. The van der Waals surface area contributed by atoms with Crippen LogP contribution in [0, 0.1) is 19.3 Å². The molecule has 1 aromatic rings. The van der Waals surface area contributed by atoms with Crippen LogP contribution in [0.25, 0.3) is 0 Å². The Balaban J connectivity index is 3.27. The second-order valence-corrected chi connectivity index (χ2v) is 3.74. The molecule has 0 heterocycles. The SMILES string of the molecule is Cc1cccc(C(=N)[Te])c1C. The molecule has 0 amide bonds. The van der Waals surface area contributed by atoms with Crippen molar-refractivity contribution in [3.8, 4) is 0 Å². The van der Waals surface area contributed by atoms with E-state index in [-0.39, 0.29) is 0 Å². The van der Waals surface area contributed by atoms with Gasteiger partial charge in [0.2, 0.25) is 0 Å². The molecule has 0 atom stereocenters. The molecule has 1 N–H and O–H groups in total. The maximum absolute atomic E-state index is 7.48. The van der Waals surface area contributed by atoms with Crippen molar-refractivity contribution in [3.05, 3.63) is 34.9 Å². The third kappa shape index (κ3) is 1.83. The average molecular weight is 260 g/mol. The van der Waals surface area contributed by atoms with Gasteiger partial charge in [-0.15, -0.1) is 0 Å². The zero-order chi connectivity index (χ0) is 8.43. The Hall–Kier alpha value is -0.320. The van der Waals surface area contributed by atoms with E-state index >= 15 is 0 Å². The predicted octanol–water partition coefficient (Wildman–Crippen LogP) is 1.80. The third-order valence-electron chi connectivity index (χ3n) is 1.85. The first-order chi connectivity index (χ1) is 5.13. The van der Waals surface area contributed by atoms with E-state index in [2.05, 4.69) is 19.9 Å². The normalized spacial score (nSPS) is 9.64. The number of nitrogens with one attached hydrogen (secondary N) is 1. The summed E-state index contributed by atoms with van der Waals surface area (Å²) in [6.45, 7) is 4.13. The first kappa shape index (κ1) is 8.77. The van der Waals surface area contributed by atoms with Gasteiger partial charge < -0.3 is 0 Å². The van der Waals surface area contributed by atoms with Gasteiger partial charge in [-0.2, -0.15) is 0 Å². The fourth-order valence-electron chi connectivity index (χ4n) is 0.997. The summed E-state index contributed by atoms with van der Waals surface area (Å²) in [6, 6.07) is 6.06. The van der Waals surface area contributed by atoms with Gasteiger partial charge >= 0.3 is 80.2 Å². The van der Waals surface area contributed by atoms with Crippen LogP contribution < -0.4 is 0 Å². The van der Waals surface area contributed by atoms with Crippen LogP contribution in [-0.2, 0) is 0 Å². The van der Waals surface area contributed by atoms with Crippen molar-refractivity contribution >= 4 is 26.1 Å². The molecule has 1 radical (unpaired) electrons. The van der Waals surface area contributed by atoms with Crippen LogP contribution in [0.2, 0.25) is 0 Å². The van der Waals surface area contributed by atoms with E-state index in [1.54, 1.807) is 22.3 Å². The van der Waals surface area contributed by atoms with Crippen molar-refractivity contribution in [1.29, 1.82) is 5.41 Å². The number of benzene rings is 1. The number of rotatable bonds is 1. The predicted molar refractivity (Wildman–Crippen MR) is 48.5 cm³/mol. The Morgan fingerprint density at radius 3 is 2.45 bits per heavy atom. The molecule has 57 valence electrons. The van der Waals surface area contributed by atoms with Crippen molar-refractivity contribution < 1.29 is 0 Å². The molecule has 0 saturated carbocycles. The van der Waals surface area contributed by atoms with Gasteiger partial charge in [-0.25, -0.2) is 0 Å². The van der Waals surface area contributed by atoms with Crippen molar-refractivity contribution in [1.82, 2.24) is 0 Å². The summed E-state index contributed by atoms with van der Waals surface area (Å²) in [4.78, 5) is 0. The van der Waals surface area contributed by atoms with Crippen LogP contribution in [0.15, 0.2) is 18.2 Å². The molecule has 0 fully saturated rings. The second-order valence-electron chi connectivity index (χ2n) is 2.58. The zero-order valence-corrected chi connectivity index (χ0v) is 8.97. The molecule has 0 aliphatic rings. The van der Waals surface area contributed by atoms with Gasteiger partial charge in [-0.1, -0.05) is 0 Å². The molecule has 0 saturated heterocycles. The molecular formula is C9H10NTe. The van der Waals surface area contributed by atoms with Gasteiger partial charge in [-0.3, -0.25) is 0 Å². The Bertz CT molecular complexity index is 292. The zero-order valence-electron chi connectivity index (χ0n) is 6.64. The summed E-state index contributed by atoms with van der Waals surface area (Å²) in [5.41, 5.74) is 3.55. The molecule has 0 unspecified atom stereocenters. The minimum absolute atomic E-state index is 0.655. The summed E-state index contributed by atoms with van der Waals surface area (Å²) in [5.74, 6) is 0. The van der Waals surface area contributed by atoms with Crippen LogP contribution in [0.5, 0.6) is 0 Å². The van der Waals surface area contributed by atoms with Gasteiger partial charge in [0.05, 0.1) is 0 Å². The summed E-state index contributed by atoms with van der Waals surface area (Å²) < 4.78 is 0.655. The van der Waals surface area contributed by atoms with Crippen molar-refractivity contribution in [2.75, 3.05) is 0 Å². The van der Waals surface area contributed by atoms with Gasteiger partial charge in [0, 0.05) is 0 Å². The minimum atomic E-state index is 0.655. The molecule has 0 aliphatic carbocycles. The Morgan fingerprint density at radius 2 is 2.00 bits per heavy atom. The van der Waals surface area contributed by atoms with Gasteiger partial charge in [0.15, 0.2) is 0 Å². The Kier molecular flexibility index (Phi) is 2.70. The fourth-order valence-corrected chi connectivity index (χ4v) is 1.63. The summed E-state index contributed by atoms with van der Waals surface area (Å²) in [7, 11) is 0. The first-order valence-corrected chi connectivity index (χ1v) is 4.61. The molecule has 2 heteroatoms. The van der Waals surface area contributed by atoms with Crippen LogP contribution in [0.1, 0.15) is 16.7 Å². The van der Waals surface area contributed by atoms with E-state index in [0.29, 0.717) is 3.76 Å². The summed E-state index contributed by atoms with van der Waals surface area (Å²) in [6.07, 6.45) is 0. The number of hydrogen-bond acceptors (Lipinski definition) is 1. The van der Waals surface area contributed by atoms with E-state index < -0.39 is 0 Å². The van der Waals surface area contributed by atoms with Gasteiger partial charge in [0.1, 0.15) is 0 Å². The number of aryl methyl sites for hydroxylation is 1. The van der Waals surface area contributed by atoms with E-state index in [0.717, 1.165) is 5.56 Å². The second kappa shape index (κ2) is 3.38. The van der Waals surface area contributed by atoms with E-state index in [4.69, 9.17) is 5.41 Å². The van der Waals surface area contributed by atoms with E-state index in [1.165, 1.54) is 11.1 Å². The third-order valence-corrected chi connectivity index (χ3v) is 2.48. The molecular weight excluding hydrogens is 250 g/mol. The maximum atomic E-state index is 7.48. The van der Waals surface area contributed by atoms with Crippen molar-refractivity contribution in [2.24, 2.45) is 0 Å².